The Kier molecular flexibility index (Phi) is 35.7. The highest BCUT2D eigenvalue weighted by Crippen LogP contribution is 2.15. The summed E-state index contributed by atoms with van der Waals surface area (Å²) in [7, 11) is 5.41. The number of allylic oxidation sites excluding steroid dienone is 2. The number of aliphatic carboxylic acids is 1. The van der Waals surface area contributed by atoms with Gasteiger partial charge in [-0.05, 0) is 38.5 Å². The third-order valence-electron chi connectivity index (χ3n) is 10.2. The van der Waals surface area contributed by atoms with Gasteiger partial charge in [0.1, 0.15) is 12.6 Å². The van der Waals surface area contributed by atoms with E-state index in [-0.39, 0.29) is 42.7 Å². The molecule has 0 aromatic carbocycles. The number of likely N-dealkylation sites (N-methyl/N-ethyl adjacent to an activating group) is 1. The zero-order chi connectivity index (χ0) is 39.3. The van der Waals surface area contributed by atoms with Crippen molar-refractivity contribution in [2.24, 2.45) is 0 Å². The molecule has 0 spiro atoms. The molecule has 0 aliphatic carbocycles. The fourth-order valence-electron chi connectivity index (χ4n) is 6.65. The number of hydrogen-bond donors (Lipinski definition) is 0. The van der Waals surface area contributed by atoms with Crippen LogP contribution >= 0.6 is 0 Å². The van der Waals surface area contributed by atoms with Gasteiger partial charge in [-0.25, -0.2) is 0 Å². The summed E-state index contributed by atoms with van der Waals surface area (Å²) >= 11 is 0. The summed E-state index contributed by atoms with van der Waals surface area (Å²) < 4.78 is 17.2. The lowest BCUT2D eigenvalue weighted by atomic mass is 10.0. The third-order valence-corrected chi connectivity index (χ3v) is 10.2. The Morgan fingerprint density at radius 1 is 0.547 bits per heavy atom. The molecule has 0 rings (SSSR count). The minimum Gasteiger partial charge on any atom is -0.544 e. The molecule has 0 aliphatic heterocycles. The maximum atomic E-state index is 12.7. The van der Waals surface area contributed by atoms with Crippen LogP contribution in [0, 0.1) is 0 Å². The Hall–Kier alpha value is -1.93. The molecule has 2 unspecified atom stereocenters. The van der Waals surface area contributed by atoms with E-state index in [0.29, 0.717) is 12.8 Å². The number of carbonyl (C=O) groups is 3. The van der Waals surface area contributed by atoms with Gasteiger partial charge in [-0.3, -0.25) is 9.59 Å². The van der Waals surface area contributed by atoms with E-state index in [0.717, 1.165) is 38.5 Å². The standard InChI is InChI=1S/C45H85NO7/c1-6-8-10-12-14-16-18-20-22-24-26-28-30-32-34-36-44(48)53-41(39-51-38-37-42(45(49)50)46(3,4)5)40-52-43(47)35-33-31-29-27-25-23-21-19-17-15-13-11-9-7-2/h16,18,41-42H,6-15,17,19-40H2,1-5H3/b18-16+. The maximum Gasteiger partial charge on any atom is 0.306 e. The second kappa shape index (κ2) is 37.0. The van der Waals surface area contributed by atoms with Crippen LogP contribution in [0.25, 0.3) is 0 Å². The predicted octanol–water partition coefficient (Wildman–Crippen LogP) is 10.6. The molecule has 0 aromatic rings. The van der Waals surface area contributed by atoms with Gasteiger partial charge in [-0.15, -0.1) is 0 Å². The van der Waals surface area contributed by atoms with Crippen molar-refractivity contribution in [2.45, 2.75) is 219 Å². The number of esters is 2. The van der Waals surface area contributed by atoms with Crippen molar-refractivity contribution >= 4 is 17.9 Å². The van der Waals surface area contributed by atoms with Crippen molar-refractivity contribution in [3.05, 3.63) is 12.2 Å². The topological polar surface area (TPSA) is 102 Å². The zero-order valence-electron chi connectivity index (χ0n) is 35.4. The minimum atomic E-state index is -1.12. The van der Waals surface area contributed by atoms with Gasteiger partial charge in [0.25, 0.3) is 0 Å². The van der Waals surface area contributed by atoms with E-state index in [4.69, 9.17) is 14.2 Å². The van der Waals surface area contributed by atoms with E-state index in [1.54, 1.807) is 21.1 Å². The fourth-order valence-corrected chi connectivity index (χ4v) is 6.65. The number of quaternary nitrogens is 1. The molecule has 2 atom stereocenters. The second-order valence-corrected chi connectivity index (χ2v) is 16.3. The number of ether oxygens (including phenoxy) is 3. The Balaban J connectivity index is 4.32. The molecule has 0 heterocycles. The van der Waals surface area contributed by atoms with Crippen molar-refractivity contribution < 1.29 is 38.2 Å². The van der Waals surface area contributed by atoms with E-state index in [1.807, 2.05) is 0 Å². The van der Waals surface area contributed by atoms with Gasteiger partial charge < -0.3 is 28.6 Å². The fraction of sp³-hybridized carbons (Fsp3) is 0.889. The summed E-state index contributed by atoms with van der Waals surface area (Å²) in [4.78, 5) is 36.8. The zero-order valence-corrected chi connectivity index (χ0v) is 35.4. The Bertz CT molecular complexity index is 885. The van der Waals surface area contributed by atoms with E-state index in [1.165, 1.54) is 135 Å². The van der Waals surface area contributed by atoms with Crippen LogP contribution in [-0.4, -0.2) is 75.5 Å². The third kappa shape index (κ3) is 35.5. The minimum absolute atomic E-state index is 0.0445. The van der Waals surface area contributed by atoms with Gasteiger partial charge in [0.05, 0.1) is 40.3 Å². The Labute approximate surface area is 327 Å². The van der Waals surface area contributed by atoms with Gasteiger partial charge in [0.15, 0.2) is 6.10 Å². The van der Waals surface area contributed by atoms with Gasteiger partial charge in [-0.2, -0.15) is 0 Å². The van der Waals surface area contributed by atoms with Gasteiger partial charge >= 0.3 is 11.9 Å². The predicted molar refractivity (Wildman–Crippen MR) is 217 cm³/mol. The number of carboxylic acid groups (broad SMARTS) is 1. The van der Waals surface area contributed by atoms with Crippen LogP contribution in [0.15, 0.2) is 12.2 Å². The van der Waals surface area contributed by atoms with E-state index < -0.39 is 18.1 Å². The maximum absolute atomic E-state index is 12.7. The number of rotatable bonds is 40. The van der Waals surface area contributed by atoms with Crippen molar-refractivity contribution in [2.75, 3.05) is 41.0 Å². The summed E-state index contributed by atoms with van der Waals surface area (Å²) in [6, 6.07) is -0.721. The molecule has 0 saturated heterocycles. The molecule has 0 saturated carbocycles. The highest BCUT2D eigenvalue weighted by atomic mass is 16.6. The monoisotopic (exact) mass is 752 g/mol. The molecule has 8 nitrogen and oxygen atoms in total. The first kappa shape index (κ1) is 51.1. The molecule has 53 heavy (non-hydrogen) atoms. The first-order chi connectivity index (χ1) is 25.6. The number of carboxylic acids is 1. The lowest BCUT2D eigenvalue weighted by Crippen LogP contribution is -2.55. The first-order valence-corrected chi connectivity index (χ1v) is 22.2. The van der Waals surface area contributed by atoms with E-state index in [2.05, 4.69) is 26.0 Å². The quantitative estimate of drug-likeness (QED) is 0.0266. The van der Waals surface area contributed by atoms with Gasteiger partial charge in [0.2, 0.25) is 0 Å². The molecule has 312 valence electrons. The van der Waals surface area contributed by atoms with Gasteiger partial charge in [0, 0.05) is 19.3 Å². The van der Waals surface area contributed by atoms with Crippen molar-refractivity contribution in [3.8, 4) is 0 Å². The van der Waals surface area contributed by atoms with Crippen LogP contribution < -0.4 is 5.11 Å². The largest absolute Gasteiger partial charge is 0.544 e. The number of carbonyl (C=O) groups excluding carboxylic acids is 3. The van der Waals surface area contributed by atoms with Crippen molar-refractivity contribution in [1.29, 1.82) is 0 Å². The van der Waals surface area contributed by atoms with Gasteiger partial charge in [-0.1, -0.05) is 161 Å². The van der Waals surface area contributed by atoms with Crippen molar-refractivity contribution in [3.63, 3.8) is 0 Å². The molecule has 0 bridgehead atoms. The van der Waals surface area contributed by atoms with Crippen LogP contribution in [0.2, 0.25) is 0 Å². The van der Waals surface area contributed by atoms with Crippen LogP contribution in [-0.2, 0) is 28.6 Å². The molecule has 0 radical (unpaired) electrons. The lowest BCUT2D eigenvalue weighted by Gasteiger charge is -2.34. The summed E-state index contributed by atoms with van der Waals surface area (Å²) in [5.74, 6) is -1.73. The van der Waals surface area contributed by atoms with Crippen LogP contribution in [0.1, 0.15) is 206 Å². The van der Waals surface area contributed by atoms with Crippen LogP contribution in [0.5, 0.6) is 0 Å². The molecule has 0 N–H and O–H groups in total. The molecular formula is C45H85NO7. The molecule has 0 aromatic heterocycles. The summed E-state index contributed by atoms with van der Waals surface area (Å²) in [6.07, 6.45) is 37.9. The average molecular weight is 752 g/mol. The molecule has 0 aliphatic rings. The summed E-state index contributed by atoms with van der Waals surface area (Å²) in [6.45, 7) is 4.66. The smallest absolute Gasteiger partial charge is 0.306 e. The Morgan fingerprint density at radius 2 is 0.943 bits per heavy atom. The second-order valence-electron chi connectivity index (χ2n) is 16.3. The first-order valence-electron chi connectivity index (χ1n) is 22.2. The number of nitrogens with zero attached hydrogens (tertiary/aromatic N) is 1. The molecular weight excluding hydrogens is 666 g/mol. The Morgan fingerprint density at radius 3 is 1.38 bits per heavy atom. The lowest BCUT2D eigenvalue weighted by molar-refractivity contribution is -0.889. The molecule has 8 heteroatoms. The highest BCUT2D eigenvalue weighted by molar-refractivity contribution is 5.70. The molecule has 0 amide bonds. The van der Waals surface area contributed by atoms with E-state index >= 15 is 0 Å². The summed E-state index contributed by atoms with van der Waals surface area (Å²) in [5.41, 5.74) is 0. The SMILES string of the molecule is CCCCCC/C=C/CCCCCCCCCC(=O)OC(COCCC(C(=O)[O-])[N+](C)(C)C)COC(=O)CCCCCCCCCCCCCCCC. The highest BCUT2D eigenvalue weighted by Gasteiger charge is 2.25. The average Bonchev–Trinajstić information content (AvgIpc) is 3.11. The van der Waals surface area contributed by atoms with Crippen molar-refractivity contribution in [1.82, 2.24) is 0 Å². The van der Waals surface area contributed by atoms with Crippen LogP contribution in [0.3, 0.4) is 0 Å². The number of unbranched alkanes of at least 4 members (excludes halogenated alkanes) is 24. The summed E-state index contributed by atoms with van der Waals surface area (Å²) in [5, 5.41) is 11.6. The molecule has 0 fully saturated rings. The van der Waals surface area contributed by atoms with Crippen LogP contribution in [0.4, 0.5) is 0 Å². The normalized spacial score (nSPS) is 13.0. The number of hydrogen-bond acceptors (Lipinski definition) is 7. The van der Waals surface area contributed by atoms with E-state index in [9.17, 15) is 19.5 Å².